The Kier molecular flexibility index (Phi) is 8.46. The minimum atomic E-state index is -1.12. The summed E-state index contributed by atoms with van der Waals surface area (Å²) in [7, 11) is 0. The summed E-state index contributed by atoms with van der Waals surface area (Å²) < 4.78 is 27.3. The lowest BCUT2D eigenvalue weighted by Crippen LogP contribution is -2.54. The van der Waals surface area contributed by atoms with E-state index in [0.29, 0.717) is 6.54 Å². The van der Waals surface area contributed by atoms with E-state index < -0.39 is 23.6 Å². The second kappa shape index (κ2) is 11.1. The molecule has 178 valence electrons. The summed E-state index contributed by atoms with van der Waals surface area (Å²) in [6.07, 6.45) is 7.64. The van der Waals surface area contributed by atoms with Gasteiger partial charge in [-0.15, -0.1) is 0 Å². The molecule has 2 aliphatic rings. The number of pyridine rings is 1. The van der Waals surface area contributed by atoms with Crippen molar-refractivity contribution in [2.45, 2.75) is 63.8 Å². The fourth-order valence-corrected chi connectivity index (χ4v) is 4.83. The van der Waals surface area contributed by atoms with E-state index in [-0.39, 0.29) is 37.3 Å². The van der Waals surface area contributed by atoms with Crippen molar-refractivity contribution >= 4 is 25.4 Å². The number of benzene rings is 1. The number of β-lactam (4-membered cyclic amide) rings is 1. The van der Waals surface area contributed by atoms with E-state index in [1.165, 1.54) is 29.0 Å². The van der Waals surface area contributed by atoms with Crippen LogP contribution in [-0.2, 0) is 28.9 Å². The number of hydrogen-bond donors (Lipinski definition) is 1. The first kappa shape index (κ1) is 25.1. The molecular formula is C25H30F2N2O3S. The minimum Gasteiger partial charge on any atom is -0.481 e. The molecule has 1 amide bonds. The van der Waals surface area contributed by atoms with E-state index in [0.717, 1.165) is 62.4 Å². The number of carboxylic acids is 1. The normalized spacial score (nSPS) is 18.2. The topological polar surface area (TPSA) is 70.5 Å². The van der Waals surface area contributed by atoms with Gasteiger partial charge in [-0.25, -0.2) is 8.78 Å². The van der Waals surface area contributed by atoms with Gasteiger partial charge < -0.3 is 10.0 Å². The molecule has 1 aliphatic carbocycles. The average Bonchev–Trinajstić information content (AvgIpc) is 2.75. The molecule has 1 fully saturated rings. The van der Waals surface area contributed by atoms with Crippen LogP contribution in [0.3, 0.4) is 0 Å². The highest BCUT2D eigenvalue weighted by molar-refractivity contribution is 7.59. The molecule has 1 N–H and O–H groups in total. The van der Waals surface area contributed by atoms with Gasteiger partial charge in [-0.05, 0) is 74.3 Å². The quantitative estimate of drug-likeness (QED) is 0.419. The first-order chi connectivity index (χ1) is 15.4. The summed E-state index contributed by atoms with van der Waals surface area (Å²) in [5.74, 6) is -2.99. The molecule has 1 unspecified atom stereocenters. The van der Waals surface area contributed by atoms with Crippen molar-refractivity contribution in [3.63, 3.8) is 0 Å². The minimum absolute atomic E-state index is 0. The van der Waals surface area contributed by atoms with Gasteiger partial charge in [-0.2, -0.15) is 13.5 Å². The maximum atomic E-state index is 13.6. The van der Waals surface area contributed by atoms with Crippen molar-refractivity contribution in [2.24, 2.45) is 5.92 Å². The van der Waals surface area contributed by atoms with Gasteiger partial charge in [-0.3, -0.25) is 14.6 Å². The van der Waals surface area contributed by atoms with E-state index in [9.17, 15) is 23.5 Å². The van der Waals surface area contributed by atoms with Crippen molar-refractivity contribution in [3.8, 4) is 0 Å². The largest absolute Gasteiger partial charge is 0.481 e. The second-order valence-corrected chi connectivity index (χ2v) is 8.87. The number of likely N-dealkylation sites (tertiary alicyclic amines) is 1. The Morgan fingerprint density at radius 3 is 2.55 bits per heavy atom. The molecule has 0 saturated carbocycles. The highest BCUT2D eigenvalue weighted by Gasteiger charge is 2.41. The third kappa shape index (κ3) is 6.10. The maximum absolute atomic E-state index is 13.6. The highest BCUT2D eigenvalue weighted by Crippen LogP contribution is 2.35. The van der Waals surface area contributed by atoms with Gasteiger partial charge in [0.2, 0.25) is 5.91 Å². The van der Waals surface area contributed by atoms with Crippen LogP contribution in [0.5, 0.6) is 0 Å². The van der Waals surface area contributed by atoms with Crippen molar-refractivity contribution in [3.05, 3.63) is 64.5 Å². The Balaban J connectivity index is 0.00000306. The van der Waals surface area contributed by atoms with Crippen molar-refractivity contribution < 1.29 is 23.5 Å². The van der Waals surface area contributed by atoms with Gasteiger partial charge in [0.1, 0.15) is 11.6 Å². The molecule has 0 radical (unpaired) electrons. The Labute approximate surface area is 199 Å². The van der Waals surface area contributed by atoms with Crippen LogP contribution in [0, 0.1) is 17.6 Å². The predicted octanol–water partition coefficient (Wildman–Crippen LogP) is 4.74. The van der Waals surface area contributed by atoms with Crippen molar-refractivity contribution in [1.29, 1.82) is 0 Å². The third-order valence-electron chi connectivity index (χ3n) is 6.53. The zero-order chi connectivity index (χ0) is 22.7. The number of carbonyl (C=O) groups excluding carboxylic acids is 1. The number of halogens is 2. The molecule has 2 atom stereocenters. The molecule has 4 rings (SSSR count). The summed E-state index contributed by atoms with van der Waals surface area (Å²) >= 11 is 0. The Morgan fingerprint density at radius 1 is 1.12 bits per heavy atom. The van der Waals surface area contributed by atoms with Crippen LogP contribution < -0.4 is 0 Å². The number of rotatable bonds is 9. The zero-order valence-electron chi connectivity index (χ0n) is 18.5. The number of aliphatic carboxylic acids is 1. The zero-order valence-corrected chi connectivity index (χ0v) is 19.5. The summed E-state index contributed by atoms with van der Waals surface area (Å²) in [5.41, 5.74) is 3.88. The molecule has 0 spiro atoms. The van der Waals surface area contributed by atoms with Crippen LogP contribution in [0.15, 0.2) is 30.3 Å². The van der Waals surface area contributed by atoms with Gasteiger partial charge >= 0.3 is 5.97 Å². The van der Waals surface area contributed by atoms with E-state index in [4.69, 9.17) is 4.98 Å². The predicted molar refractivity (Wildman–Crippen MR) is 125 cm³/mol. The first-order valence-electron chi connectivity index (χ1n) is 11.4. The Morgan fingerprint density at radius 2 is 1.85 bits per heavy atom. The third-order valence-corrected chi connectivity index (χ3v) is 6.53. The van der Waals surface area contributed by atoms with Crippen LogP contribution in [-0.4, -0.2) is 33.4 Å². The maximum Gasteiger partial charge on any atom is 0.305 e. The number of fused-ring (bicyclic) bond motifs is 1. The average molecular weight is 477 g/mol. The first-order valence-corrected chi connectivity index (χ1v) is 11.4. The van der Waals surface area contributed by atoms with E-state index in [1.807, 2.05) is 0 Å². The number of hydrogen-bond acceptors (Lipinski definition) is 3. The molecule has 8 heteroatoms. The molecule has 1 aromatic heterocycles. The summed E-state index contributed by atoms with van der Waals surface area (Å²) in [5, 5.41) is 9.23. The lowest BCUT2D eigenvalue weighted by molar-refractivity contribution is -0.154. The molecule has 0 bridgehead atoms. The van der Waals surface area contributed by atoms with Gasteiger partial charge in [0.05, 0.1) is 18.4 Å². The van der Waals surface area contributed by atoms with E-state index in [1.54, 1.807) is 0 Å². The molecule has 1 aliphatic heterocycles. The number of aromatic nitrogens is 1. The van der Waals surface area contributed by atoms with E-state index >= 15 is 0 Å². The summed E-state index contributed by atoms with van der Waals surface area (Å²) in [4.78, 5) is 30.2. The lowest BCUT2D eigenvalue weighted by atomic mass is 9.88. The van der Waals surface area contributed by atoms with Gasteiger partial charge in [0.15, 0.2) is 0 Å². The highest BCUT2D eigenvalue weighted by atomic mass is 32.1. The van der Waals surface area contributed by atoms with Crippen molar-refractivity contribution in [2.75, 3.05) is 6.54 Å². The lowest BCUT2D eigenvalue weighted by Gasteiger charge is -2.43. The number of carbonyl (C=O) groups is 2. The van der Waals surface area contributed by atoms with Gasteiger partial charge in [0.25, 0.3) is 0 Å². The molecule has 2 aromatic rings. The molecule has 5 nitrogen and oxygen atoms in total. The van der Waals surface area contributed by atoms with Crippen LogP contribution in [0.25, 0.3) is 0 Å². The Bertz CT molecular complexity index is 997. The smallest absolute Gasteiger partial charge is 0.305 e. The molecule has 1 saturated heterocycles. The van der Waals surface area contributed by atoms with Crippen LogP contribution in [0.1, 0.15) is 67.1 Å². The monoisotopic (exact) mass is 476 g/mol. The second-order valence-electron chi connectivity index (χ2n) is 8.87. The fraction of sp³-hybridized carbons (Fsp3) is 0.480. The number of carboxylic acid groups (broad SMARTS) is 1. The molecule has 1 aromatic carbocycles. The number of nitrogens with zero attached hydrogens (tertiary/aromatic N) is 2. The fourth-order valence-electron chi connectivity index (χ4n) is 4.83. The molecule has 33 heavy (non-hydrogen) atoms. The number of unbranched alkanes of at least 4 members (excludes halogenated alkanes) is 1. The number of amides is 1. The number of aryl methyl sites for hydroxylation is 3. The Hall–Kier alpha value is -2.48. The summed E-state index contributed by atoms with van der Waals surface area (Å²) in [6, 6.07) is 6.38. The standard InChI is InChI=1S/C25H28F2N2O3.H2S/c26-19-11-18(12-20(27)13-19)23(14-24(30)31)29-15-17(25(29)32)6-1-3-7-21-10-9-16-5-2-4-8-22(16)28-21;/h9-13,17,23H,1-8,14-15H2,(H,30,31);1H2/t17?,23-;/m0./s1. The van der Waals surface area contributed by atoms with E-state index in [2.05, 4.69) is 12.1 Å². The summed E-state index contributed by atoms with van der Waals surface area (Å²) in [6.45, 7) is 0.409. The van der Waals surface area contributed by atoms with Crippen LogP contribution in [0.2, 0.25) is 0 Å². The van der Waals surface area contributed by atoms with Gasteiger partial charge in [-0.1, -0.05) is 12.5 Å². The molecular weight excluding hydrogens is 446 g/mol. The molecule has 2 heterocycles. The van der Waals surface area contributed by atoms with Crippen LogP contribution in [0.4, 0.5) is 8.78 Å². The SMILES string of the molecule is O=C(O)C[C@@H](c1cc(F)cc(F)c1)N1CC(CCCCc2ccc3c(n2)CCCC3)C1=O.S. The van der Waals surface area contributed by atoms with Crippen molar-refractivity contribution in [1.82, 2.24) is 9.88 Å². The van der Waals surface area contributed by atoms with Crippen LogP contribution >= 0.6 is 13.5 Å². The van der Waals surface area contributed by atoms with Gasteiger partial charge in [0, 0.05) is 24.0 Å².